The molecule has 8 heteroatoms. The Morgan fingerprint density at radius 1 is 1.11 bits per heavy atom. The fourth-order valence-corrected chi connectivity index (χ4v) is 4.58. The number of methoxy groups -OCH3 is 1. The number of nitrogens with one attached hydrogen (secondary N) is 2. The molecule has 0 fully saturated rings. The predicted molar refractivity (Wildman–Crippen MR) is 137 cm³/mol. The first kappa shape index (κ1) is 25.4. The zero-order valence-electron chi connectivity index (χ0n) is 21.3. The first-order valence-electron chi connectivity index (χ1n) is 12.4. The third-order valence-electron chi connectivity index (χ3n) is 6.54. The van der Waals surface area contributed by atoms with Crippen molar-refractivity contribution in [2.75, 3.05) is 13.7 Å². The number of hydrogen-bond acceptors (Lipinski definition) is 6. The number of esters is 1. The average Bonchev–Trinajstić information content (AvgIpc) is 3.26. The van der Waals surface area contributed by atoms with E-state index in [4.69, 9.17) is 14.6 Å². The summed E-state index contributed by atoms with van der Waals surface area (Å²) in [7, 11) is 1.37. The largest absolute Gasteiger partial charge is 0.469 e. The number of rotatable bonds is 8. The molecule has 8 nitrogen and oxygen atoms in total. The van der Waals surface area contributed by atoms with Crippen LogP contribution in [0.4, 0.5) is 4.79 Å². The Balaban J connectivity index is 1.58. The minimum absolute atomic E-state index is 0.0548. The van der Waals surface area contributed by atoms with Crippen molar-refractivity contribution in [3.63, 3.8) is 0 Å². The number of amides is 1. The minimum atomic E-state index is -0.494. The molecule has 1 amide bonds. The van der Waals surface area contributed by atoms with Gasteiger partial charge in [0.05, 0.1) is 36.6 Å². The van der Waals surface area contributed by atoms with Crippen LogP contribution < -0.4 is 10.6 Å². The van der Waals surface area contributed by atoms with E-state index in [1.165, 1.54) is 12.7 Å². The highest BCUT2D eigenvalue weighted by Gasteiger charge is 2.33. The lowest BCUT2D eigenvalue weighted by Gasteiger charge is -2.30. The van der Waals surface area contributed by atoms with E-state index >= 15 is 0 Å². The number of carbonyl (C=O) groups excluding carboxylic acids is 2. The normalized spacial score (nSPS) is 15.8. The van der Waals surface area contributed by atoms with E-state index in [1.54, 1.807) is 0 Å². The summed E-state index contributed by atoms with van der Waals surface area (Å²) in [6.07, 6.45) is 0.308. The van der Waals surface area contributed by atoms with E-state index in [9.17, 15) is 9.59 Å². The zero-order valence-corrected chi connectivity index (χ0v) is 21.3. The van der Waals surface area contributed by atoms with Crippen LogP contribution in [0.5, 0.6) is 0 Å². The van der Waals surface area contributed by atoms with Crippen molar-refractivity contribution in [2.24, 2.45) is 0 Å². The van der Waals surface area contributed by atoms with Gasteiger partial charge in [-0.2, -0.15) is 5.10 Å². The second-order valence-corrected chi connectivity index (χ2v) is 9.39. The monoisotopic (exact) mass is 490 g/mol. The molecule has 0 spiro atoms. The van der Waals surface area contributed by atoms with Crippen molar-refractivity contribution in [3.8, 4) is 5.69 Å². The highest BCUT2D eigenvalue weighted by Crippen LogP contribution is 2.31. The van der Waals surface area contributed by atoms with Gasteiger partial charge >= 0.3 is 12.1 Å². The average molecular weight is 491 g/mol. The Labute approximate surface area is 212 Å². The topological polar surface area (TPSA) is 94.5 Å². The van der Waals surface area contributed by atoms with Crippen molar-refractivity contribution in [2.45, 2.75) is 58.2 Å². The van der Waals surface area contributed by atoms with Crippen molar-refractivity contribution in [1.82, 2.24) is 20.4 Å². The molecule has 2 aromatic carbocycles. The number of fused-ring (bicyclic) bond motifs is 1. The van der Waals surface area contributed by atoms with Crippen molar-refractivity contribution >= 4 is 12.1 Å². The number of ether oxygens (including phenoxy) is 2. The molecule has 2 unspecified atom stereocenters. The van der Waals surface area contributed by atoms with Crippen LogP contribution in [0, 0.1) is 0 Å². The van der Waals surface area contributed by atoms with Gasteiger partial charge < -0.3 is 20.1 Å². The lowest BCUT2D eigenvalue weighted by molar-refractivity contribution is -0.139. The molecule has 2 atom stereocenters. The second kappa shape index (κ2) is 11.4. The summed E-state index contributed by atoms with van der Waals surface area (Å²) in [6.45, 7) is 7.16. The summed E-state index contributed by atoms with van der Waals surface area (Å²) in [4.78, 5) is 24.8. The predicted octanol–water partition coefficient (Wildman–Crippen LogP) is 4.21. The Bertz CT molecular complexity index is 1190. The molecule has 3 aromatic rings. The Morgan fingerprint density at radius 2 is 1.83 bits per heavy atom. The van der Waals surface area contributed by atoms with E-state index in [-0.39, 0.29) is 31.1 Å². The van der Waals surface area contributed by atoms with Crippen molar-refractivity contribution in [1.29, 1.82) is 0 Å². The number of nitrogens with zero attached hydrogens (tertiary/aromatic N) is 2. The van der Waals surface area contributed by atoms with Gasteiger partial charge in [0.1, 0.15) is 6.61 Å². The lowest BCUT2D eigenvalue weighted by Crippen LogP contribution is -2.46. The van der Waals surface area contributed by atoms with E-state index in [0.717, 1.165) is 35.5 Å². The minimum Gasteiger partial charge on any atom is -0.469 e. The van der Waals surface area contributed by atoms with E-state index < -0.39 is 6.09 Å². The quantitative estimate of drug-likeness (QED) is 0.460. The van der Waals surface area contributed by atoms with E-state index in [2.05, 4.69) is 48.7 Å². The van der Waals surface area contributed by atoms with Gasteiger partial charge in [0.25, 0.3) is 0 Å². The van der Waals surface area contributed by atoms with E-state index in [1.807, 2.05) is 41.9 Å². The van der Waals surface area contributed by atoms with Gasteiger partial charge in [0, 0.05) is 24.6 Å². The SMILES string of the molecule is COC(=O)Cc1nn(-c2ccc(C(C)C)cc2)c2c1C(C(C)NC(=O)OCc1ccccc1)NCC2. The molecule has 4 rings (SSSR count). The fourth-order valence-electron chi connectivity index (χ4n) is 4.58. The van der Waals surface area contributed by atoms with Crippen LogP contribution in [-0.4, -0.2) is 41.5 Å². The Kier molecular flexibility index (Phi) is 8.05. The number of carbonyl (C=O) groups is 2. The van der Waals surface area contributed by atoms with Gasteiger partial charge in [-0.05, 0) is 36.1 Å². The number of benzene rings is 2. The maximum Gasteiger partial charge on any atom is 0.407 e. The highest BCUT2D eigenvalue weighted by molar-refractivity contribution is 5.73. The van der Waals surface area contributed by atoms with Crippen LogP contribution in [0.3, 0.4) is 0 Å². The third kappa shape index (κ3) is 5.76. The van der Waals surface area contributed by atoms with Gasteiger partial charge in [-0.3, -0.25) is 4.79 Å². The molecule has 0 saturated heterocycles. The van der Waals surface area contributed by atoms with Crippen LogP contribution in [0.2, 0.25) is 0 Å². The molecular weight excluding hydrogens is 456 g/mol. The maximum atomic E-state index is 12.5. The van der Waals surface area contributed by atoms with Gasteiger partial charge in [0.2, 0.25) is 0 Å². The number of alkyl carbamates (subject to hydrolysis) is 1. The summed E-state index contributed by atoms with van der Waals surface area (Å²) < 4.78 is 12.3. The fraction of sp³-hybridized carbons (Fsp3) is 0.393. The Hall–Kier alpha value is -3.65. The first-order valence-corrected chi connectivity index (χ1v) is 12.4. The lowest BCUT2D eigenvalue weighted by atomic mass is 9.92. The standard InChI is InChI=1S/C28H34N4O4/c1-18(2)21-10-12-22(13-11-21)32-24-14-15-29-27(26(24)23(31-32)16-25(33)35-4)19(3)30-28(34)36-17-20-8-6-5-7-9-20/h5-13,18-19,27,29H,14-17H2,1-4H3,(H,30,34). The zero-order chi connectivity index (χ0) is 25.7. The molecule has 0 bridgehead atoms. The summed E-state index contributed by atoms with van der Waals surface area (Å²) in [5.41, 5.74) is 5.71. The maximum absolute atomic E-state index is 12.5. The highest BCUT2D eigenvalue weighted by atomic mass is 16.5. The van der Waals surface area contributed by atoms with Crippen LogP contribution in [0.15, 0.2) is 54.6 Å². The van der Waals surface area contributed by atoms with Crippen LogP contribution >= 0.6 is 0 Å². The Morgan fingerprint density at radius 3 is 2.50 bits per heavy atom. The molecule has 0 saturated carbocycles. The summed E-state index contributed by atoms with van der Waals surface area (Å²) in [5, 5.41) is 11.3. The van der Waals surface area contributed by atoms with Crippen LogP contribution in [0.1, 0.15) is 60.8 Å². The van der Waals surface area contributed by atoms with Crippen LogP contribution in [0.25, 0.3) is 5.69 Å². The molecular formula is C28H34N4O4. The molecule has 190 valence electrons. The number of hydrogen-bond donors (Lipinski definition) is 2. The molecule has 2 N–H and O–H groups in total. The van der Waals surface area contributed by atoms with Gasteiger partial charge in [-0.1, -0.05) is 56.3 Å². The summed E-state index contributed by atoms with van der Waals surface area (Å²) in [5.74, 6) is 0.0763. The molecule has 1 aliphatic heterocycles. The second-order valence-electron chi connectivity index (χ2n) is 9.39. The summed E-state index contributed by atoms with van der Waals surface area (Å²) in [6, 6.07) is 17.4. The molecule has 0 radical (unpaired) electrons. The van der Waals surface area contributed by atoms with Gasteiger partial charge in [-0.15, -0.1) is 0 Å². The molecule has 2 heterocycles. The van der Waals surface area contributed by atoms with Crippen molar-refractivity contribution in [3.05, 3.63) is 82.7 Å². The van der Waals surface area contributed by atoms with Gasteiger partial charge in [0.15, 0.2) is 0 Å². The molecule has 1 aliphatic rings. The molecule has 36 heavy (non-hydrogen) atoms. The number of aromatic nitrogens is 2. The van der Waals surface area contributed by atoms with E-state index in [0.29, 0.717) is 11.6 Å². The van der Waals surface area contributed by atoms with Crippen molar-refractivity contribution < 1.29 is 19.1 Å². The first-order chi connectivity index (χ1) is 17.4. The third-order valence-corrected chi connectivity index (χ3v) is 6.54. The smallest absolute Gasteiger partial charge is 0.407 e. The molecule has 0 aliphatic carbocycles. The van der Waals surface area contributed by atoms with Crippen LogP contribution in [-0.2, 0) is 33.7 Å². The molecule has 1 aromatic heterocycles. The van der Waals surface area contributed by atoms with Gasteiger partial charge in [-0.25, -0.2) is 9.48 Å². The summed E-state index contributed by atoms with van der Waals surface area (Å²) >= 11 is 0.